The highest BCUT2D eigenvalue weighted by molar-refractivity contribution is 5.87. The predicted octanol–water partition coefficient (Wildman–Crippen LogP) is 6.97. The highest BCUT2D eigenvalue weighted by atomic mass is 16.3. The van der Waals surface area contributed by atoms with Gasteiger partial charge < -0.3 is 10.4 Å². The summed E-state index contributed by atoms with van der Waals surface area (Å²) in [6, 6.07) is 0. The number of carbonyl (C=O) groups excluding carboxylic acids is 1. The minimum absolute atomic E-state index is 0.122. The van der Waals surface area contributed by atoms with Crippen LogP contribution in [-0.2, 0) is 4.79 Å². The highest BCUT2D eigenvalue weighted by Gasteiger charge is 2.25. The second-order valence-corrected chi connectivity index (χ2v) is 7.90. The Morgan fingerprint density at radius 1 is 0.733 bits per heavy atom. The van der Waals surface area contributed by atoms with Crippen molar-refractivity contribution in [2.75, 3.05) is 6.54 Å². The summed E-state index contributed by atoms with van der Waals surface area (Å²) in [5.41, 5.74) is -0.776. The zero-order chi connectivity index (χ0) is 22.3. The molecule has 0 aliphatic heterocycles. The molecule has 0 saturated heterocycles. The monoisotopic (exact) mass is 415 g/mol. The van der Waals surface area contributed by atoms with Crippen LogP contribution < -0.4 is 5.32 Å². The minimum atomic E-state index is -0.776. The number of allylic oxidation sites excluding steroid dienone is 9. The molecule has 170 valence electrons. The van der Waals surface area contributed by atoms with Crippen molar-refractivity contribution in [2.45, 2.75) is 97.0 Å². The average molecular weight is 416 g/mol. The Hall–Kier alpha value is -1.87. The minimum Gasteiger partial charge on any atom is -0.388 e. The van der Waals surface area contributed by atoms with Crippen LogP contribution in [0.4, 0.5) is 0 Å². The summed E-state index contributed by atoms with van der Waals surface area (Å²) >= 11 is 0. The van der Waals surface area contributed by atoms with E-state index in [4.69, 9.17) is 0 Å². The molecule has 1 unspecified atom stereocenters. The molecule has 3 heteroatoms. The van der Waals surface area contributed by atoms with Gasteiger partial charge in [-0.1, -0.05) is 114 Å². The Bertz CT molecular complexity index is 557. The lowest BCUT2D eigenvalue weighted by atomic mass is 9.91. The van der Waals surface area contributed by atoms with E-state index in [0.29, 0.717) is 6.54 Å². The lowest BCUT2D eigenvalue weighted by Crippen LogP contribution is -2.42. The molecule has 1 amide bonds. The molecule has 0 aromatic heterocycles. The molecule has 0 aliphatic carbocycles. The van der Waals surface area contributed by atoms with Gasteiger partial charge in [0.2, 0.25) is 5.91 Å². The third-order valence-electron chi connectivity index (χ3n) is 4.86. The molecular weight excluding hydrogens is 370 g/mol. The summed E-state index contributed by atoms with van der Waals surface area (Å²) in [6.45, 7) is 6.76. The normalized spacial score (nSPS) is 14.7. The second-order valence-electron chi connectivity index (χ2n) is 7.90. The van der Waals surface area contributed by atoms with Crippen molar-refractivity contribution in [3.63, 3.8) is 0 Å². The van der Waals surface area contributed by atoms with Crippen molar-refractivity contribution in [3.8, 4) is 0 Å². The van der Waals surface area contributed by atoms with E-state index < -0.39 is 5.60 Å². The fraction of sp³-hybridized carbons (Fsp3) is 0.593. The summed E-state index contributed by atoms with van der Waals surface area (Å²) in [7, 11) is 0. The first-order chi connectivity index (χ1) is 14.6. The maximum atomic E-state index is 12.0. The molecule has 1 atom stereocenters. The Morgan fingerprint density at radius 3 is 2.00 bits per heavy atom. The number of unbranched alkanes of at least 4 members (excludes halogenated alkanes) is 5. The van der Waals surface area contributed by atoms with Gasteiger partial charge in [0.1, 0.15) is 0 Å². The van der Waals surface area contributed by atoms with E-state index in [2.05, 4.69) is 44.3 Å². The Kier molecular flexibility index (Phi) is 19.1. The van der Waals surface area contributed by atoms with Crippen LogP contribution in [0, 0.1) is 0 Å². The second kappa shape index (κ2) is 20.4. The summed E-state index contributed by atoms with van der Waals surface area (Å²) in [5, 5.41) is 13.7. The van der Waals surface area contributed by atoms with E-state index in [-0.39, 0.29) is 5.91 Å². The first-order valence-corrected chi connectivity index (χ1v) is 11.9. The molecule has 0 bridgehead atoms. The van der Waals surface area contributed by atoms with Gasteiger partial charge in [0.05, 0.1) is 5.60 Å². The van der Waals surface area contributed by atoms with Crippen LogP contribution in [0.1, 0.15) is 91.4 Å². The Morgan fingerprint density at radius 2 is 1.37 bits per heavy atom. The molecule has 0 aromatic rings. The van der Waals surface area contributed by atoms with Crippen LogP contribution >= 0.6 is 0 Å². The van der Waals surface area contributed by atoms with Crippen molar-refractivity contribution in [2.24, 2.45) is 0 Å². The van der Waals surface area contributed by atoms with E-state index >= 15 is 0 Å². The van der Waals surface area contributed by atoms with Gasteiger partial charge in [-0.2, -0.15) is 0 Å². The van der Waals surface area contributed by atoms with Crippen LogP contribution in [0.3, 0.4) is 0 Å². The molecule has 0 fully saturated rings. The summed E-state index contributed by atoms with van der Waals surface area (Å²) in [5.74, 6) is -0.122. The summed E-state index contributed by atoms with van der Waals surface area (Å²) in [4.78, 5) is 12.0. The van der Waals surface area contributed by atoms with Gasteiger partial charge in [0.25, 0.3) is 0 Å². The number of rotatable bonds is 18. The number of nitrogens with one attached hydrogen (secondary N) is 1. The fourth-order valence-electron chi connectivity index (χ4n) is 3.11. The predicted molar refractivity (Wildman–Crippen MR) is 131 cm³/mol. The number of hydrogen-bond acceptors (Lipinski definition) is 2. The van der Waals surface area contributed by atoms with Gasteiger partial charge >= 0.3 is 0 Å². The van der Waals surface area contributed by atoms with E-state index in [9.17, 15) is 9.90 Å². The van der Waals surface area contributed by atoms with Crippen molar-refractivity contribution in [3.05, 3.63) is 60.8 Å². The quantitative estimate of drug-likeness (QED) is 0.144. The Labute approximate surface area is 185 Å². The van der Waals surface area contributed by atoms with E-state index in [1.807, 2.05) is 36.5 Å². The van der Waals surface area contributed by atoms with Gasteiger partial charge in [-0.15, -0.1) is 0 Å². The number of aliphatic hydroxyl groups is 1. The van der Waals surface area contributed by atoms with Gasteiger partial charge in [-0.05, 0) is 38.2 Å². The van der Waals surface area contributed by atoms with Crippen molar-refractivity contribution >= 4 is 5.91 Å². The molecule has 0 aromatic carbocycles. The molecule has 0 saturated carbocycles. The van der Waals surface area contributed by atoms with Gasteiger partial charge in [0.15, 0.2) is 0 Å². The lowest BCUT2D eigenvalue weighted by Gasteiger charge is -2.28. The number of hydrogen-bond donors (Lipinski definition) is 2. The molecule has 30 heavy (non-hydrogen) atoms. The maximum Gasteiger partial charge on any atom is 0.243 e. The molecule has 2 N–H and O–H groups in total. The summed E-state index contributed by atoms with van der Waals surface area (Å²) < 4.78 is 0. The largest absolute Gasteiger partial charge is 0.388 e. The number of carbonyl (C=O) groups is 1. The molecule has 0 spiro atoms. The maximum absolute atomic E-state index is 12.0. The smallest absolute Gasteiger partial charge is 0.243 e. The molecule has 0 rings (SSSR count). The van der Waals surface area contributed by atoms with Gasteiger partial charge in [0, 0.05) is 6.54 Å². The van der Waals surface area contributed by atoms with Crippen LogP contribution in [-0.4, -0.2) is 23.2 Å². The standard InChI is InChI=1S/C27H45NO2/c1-4-7-9-11-12-13-14-15-16-17-18-19-20-22-26(29)28-25-27(30,23-6-3)24-21-10-8-5-2/h9,11-17,20,22,30H,4-8,10,18-19,21,23-25H2,1-3H3,(H,28,29). The van der Waals surface area contributed by atoms with Gasteiger partial charge in [-0.25, -0.2) is 0 Å². The third kappa shape index (κ3) is 18.2. The fourth-order valence-corrected chi connectivity index (χ4v) is 3.11. The molecule has 3 nitrogen and oxygen atoms in total. The van der Waals surface area contributed by atoms with Crippen LogP contribution in [0.5, 0.6) is 0 Å². The first-order valence-electron chi connectivity index (χ1n) is 11.9. The van der Waals surface area contributed by atoms with Crippen LogP contribution in [0.15, 0.2) is 60.8 Å². The summed E-state index contributed by atoms with van der Waals surface area (Å²) in [6.07, 6.45) is 30.9. The van der Waals surface area contributed by atoms with Gasteiger partial charge in [-0.3, -0.25) is 4.79 Å². The Balaban J connectivity index is 4.06. The van der Waals surface area contributed by atoms with Crippen molar-refractivity contribution < 1.29 is 9.90 Å². The van der Waals surface area contributed by atoms with Crippen molar-refractivity contribution in [1.82, 2.24) is 5.32 Å². The molecule has 0 radical (unpaired) electrons. The zero-order valence-corrected chi connectivity index (χ0v) is 19.6. The van der Waals surface area contributed by atoms with E-state index in [1.165, 1.54) is 19.3 Å². The van der Waals surface area contributed by atoms with E-state index in [1.54, 1.807) is 6.08 Å². The van der Waals surface area contributed by atoms with E-state index in [0.717, 1.165) is 51.4 Å². The highest BCUT2D eigenvalue weighted by Crippen LogP contribution is 2.20. The van der Waals surface area contributed by atoms with Crippen LogP contribution in [0.2, 0.25) is 0 Å². The van der Waals surface area contributed by atoms with Crippen LogP contribution in [0.25, 0.3) is 0 Å². The lowest BCUT2D eigenvalue weighted by molar-refractivity contribution is -0.118. The zero-order valence-electron chi connectivity index (χ0n) is 19.6. The molecule has 0 aliphatic rings. The SMILES string of the molecule is CCCC=CC=CC=CC=CCCC=CC(=O)NCC(O)(CCC)CCCCCC. The number of amides is 1. The average Bonchev–Trinajstić information content (AvgIpc) is 2.73. The topological polar surface area (TPSA) is 49.3 Å². The van der Waals surface area contributed by atoms with Crippen molar-refractivity contribution in [1.29, 1.82) is 0 Å². The first kappa shape index (κ1) is 28.1. The molecular formula is C27H45NO2. The third-order valence-corrected chi connectivity index (χ3v) is 4.86. The molecule has 0 heterocycles.